The van der Waals surface area contributed by atoms with Gasteiger partial charge < -0.3 is 15.4 Å². The maximum Gasteiger partial charge on any atom is 0.238 e. The van der Waals surface area contributed by atoms with Crippen molar-refractivity contribution in [3.05, 3.63) is 58.1 Å². The zero-order valence-electron chi connectivity index (χ0n) is 16.0. The molecule has 0 aromatic heterocycles. The van der Waals surface area contributed by atoms with E-state index in [0.717, 1.165) is 5.56 Å². The largest absolute Gasteiger partial charge is 0.496 e. The van der Waals surface area contributed by atoms with E-state index in [1.807, 2.05) is 24.3 Å². The molecule has 2 aromatic rings. The summed E-state index contributed by atoms with van der Waals surface area (Å²) in [6.45, 7) is 2.07. The van der Waals surface area contributed by atoms with Crippen LogP contribution in [0, 0.1) is 0 Å². The molecule has 0 fully saturated rings. The van der Waals surface area contributed by atoms with Crippen molar-refractivity contribution in [2.24, 2.45) is 0 Å². The van der Waals surface area contributed by atoms with Gasteiger partial charge in [-0.2, -0.15) is 0 Å². The Bertz CT molecular complexity index is 825. The molecular weight excluding hydrogens is 401 g/mol. The number of amides is 2. The number of ether oxygens (including phenoxy) is 1. The molecule has 2 N–H and O–H groups in total. The summed E-state index contributed by atoms with van der Waals surface area (Å²) in [6, 6.07) is 11.9. The highest BCUT2D eigenvalue weighted by Gasteiger charge is 2.21. The second kappa shape index (κ2) is 10.3. The lowest BCUT2D eigenvalue weighted by atomic mass is 10.2. The van der Waals surface area contributed by atoms with E-state index in [2.05, 4.69) is 10.6 Å². The van der Waals surface area contributed by atoms with Crippen LogP contribution in [0.3, 0.4) is 0 Å². The van der Waals surface area contributed by atoms with E-state index in [9.17, 15) is 9.59 Å². The predicted molar refractivity (Wildman–Crippen MR) is 112 cm³/mol. The number of para-hydroxylation sites is 2. The van der Waals surface area contributed by atoms with Crippen LogP contribution >= 0.6 is 23.2 Å². The first-order valence-corrected chi connectivity index (χ1v) is 9.42. The smallest absolute Gasteiger partial charge is 0.238 e. The fourth-order valence-corrected chi connectivity index (χ4v) is 3.03. The number of methoxy groups -OCH3 is 1. The van der Waals surface area contributed by atoms with Crippen LogP contribution in [0.5, 0.6) is 5.75 Å². The molecule has 0 bridgehead atoms. The zero-order valence-corrected chi connectivity index (χ0v) is 17.5. The molecule has 0 aliphatic carbocycles. The molecule has 1 unspecified atom stereocenters. The molecule has 2 aromatic carbocycles. The Hall–Kier alpha value is -2.28. The fourth-order valence-electron chi connectivity index (χ4n) is 2.54. The highest BCUT2D eigenvalue weighted by molar-refractivity contribution is 6.39. The van der Waals surface area contributed by atoms with Gasteiger partial charge in [0.1, 0.15) is 5.75 Å². The predicted octanol–water partition coefficient (Wildman–Crippen LogP) is 3.58. The molecule has 1 atom stereocenters. The Morgan fingerprint density at radius 2 is 1.75 bits per heavy atom. The lowest BCUT2D eigenvalue weighted by Gasteiger charge is -2.23. The molecule has 0 radical (unpaired) electrons. The molecule has 0 heterocycles. The van der Waals surface area contributed by atoms with Gasteiger partial charge in [0.15, 0.2) is 0 Å². The molecule has 0 saturated heterocycles. The SMILES string of the molecule is COc1ccccc1CNC(=O)C(C)N(C)CC(=O)Nc1c(Cl)cccc1Cl. The van der Waals surface area contributed by atoms with Gasteiger partial charge in [0, 0.05) is 12.1 Å². The van der Waals surface area contributed by atoms with Gasteiger partial charge in [0.25, 0.3) is 0 Å². The number of carbonyl (C=O) groups excluding carboxylic acids is 2. The second-order valence-corrected chi connectivity index (χ2v) is 7.08. The first-order valence-electron chi connectivity index (χ1n) is 8.67. The third-order valence-corrected chi connectivity index (χ3v) is 4.94. The zero-order chi connectivity index (χ0) is 20.7. The fraction of sp³-hybridized carbons (Fsp3) is 0.300. The Labute approximate surface area is 174 Å². The standard InChI is InChI=1S/C20H23Cl2N3O3/c1-13(20(27)23-11-14-7-4-5-10-17(14)28-3)25(2)12-18(26)24-19-15(21)8-6-9-16(19)22/h4-10,13H,11-12H2,1-3H3,(H,23,27)(H,24,26). The van der Waals surface area contributed by atoms with E-state index < -0.39 is 6.04 Å². The number of nitrogens with zero attached hydrogens (tertiary/aromatic N) is 1. The van der Waals surface area contributed by atoms with Crippen LogP contribution in [-0.4, -0.2) is 43.5 Å². The average Bonchev–Trinajstić information content (AvgIpc) is 2.68. The summed E-state index contributed by atoms with van der Waals surface area (Å²) in [7, 11) is 3.28. The molecule has 6 nitrogen and oxygen atoms in total. The van der Waals surface area contributed by atoms with Crippen LogP contribution in [0.4, 0.5) is 5.69 Å². The quantitative estimate of drug-likeness (QED) is 0.680. The Morgan fingerprint density at radius 3 is 2.39 bits per heavy atom. The van der Waals surface area contributed by atoms with E-state index in [1.54, 1.807) is 44.2 Å². The van der Waals surface area contributed by atoms with Gasteiger partial charge in [-0.15, -0.1) is 0 Å². The van der Waals surface area contributed by atoms with E-state index in [0.29, 0.717) is 28.0 Å². The van der Waals surface area contributed by atoms with Crippen LogP contribution in [0.15, 0.2) is 42.5 Å². The minimum absolute atomic E-state index is 0.00476. The molecule has 150 valence electrons. The first-order chi connectivity index (χ1) is 13.3. The maximum atomic E-state index is 12.4. The van der Waals surface area contributed by atoms with E-state index in [1.165, 1.54) is 0 Å². The van der Waals surface area contributed by atoms with Crippen molar-refractivity contribution in [2.75, 3.05) is 26.0 Å². The minimum Gasteiger partial charge on any atom is -0.496 e. The third-order valence-electron chi connectivity index (χ3n) is 4.31. The highest BCUT2D eigenvalue weighted by atomic mass is 35.5. The normalized spacial score (nSPS) is 11.8. The number of hydrogen-bond donors (Lipinski definition) is 2. The van der Waals surface area contributed by atoms with Crippen molar-refractivity contribution >= 4 is 40.7 Å². The van der Waals surface area contributed by atoms with Gasteiger partial charge in [0.05, 0.1) is 35.4 Å². The highest BCUT2D eigenvalue weighted by Crippen LogP contribution is 2.29. The number of carbonyl (C=O) groups is 2. The number of hydrogen-bond acceptors (Lipinski definition) is 4. The van der Waals surface area contributed by atoms with Crippen molar-refractivity contribution in [2.45, 2.75) is 19.5 Å². The molecule has 0 aliphatic rings. The van der Waals surface area contributed by atoms with Crippen LogP contribution in [0.2, 0.25) is 10.0 Å². The van der Waals surface area contributed by atoms with Gasteiger partial charge in [-0.3, -0.25) is 14.5 Å². The molecule has 0 saturated carbocycles. The average molecular weight is 424 g/mol. The molecule has 0 spiro atoms. The number of rotatable bonds is 8. The second-order valence-electron chi connectivity index (χ2n) is 6.27. The third kappa shape index (κ3) is 5.86. The number of nitrogens with one attached hydrogen (secondary N) is 2. The lowest BCUT2D eigenvalue weighted by molar-refractivity contribution is -0.126. The Kier molecular flexibility index (Phi) is 8.11. The molecule has 2 rings (SSSR count). The van der Waals surface area contributed by atoms with Crippen molar-refractivity contribution in [1.82, 2.24) is 10.2 Å². The summed E-state index contributed by atoms with van der Waals surface area (Å²) in [5, 5.41) is 6.25. The molecule has 2 amide bonds. The van der Waals surface area contributed by atoms with Crippen molar-refractivity contribution in [3.63, 3.8) is 0 Å². The monoisotopic (exact) mass is 423 g/mol. The Morgan fingerprint density at radius 1 is 1.11 bits per heavy atom. The molecule has 28 heavy (non-hydrogen) atoms. The topological polar surface area (TPSA) is 70.7 Å². The molecule has 0 aliphatic heterocycles. The van der Waals surface area contributed by atoms with Gasteiger partial charge in [-0.05, 0) is 32.2 Å². The summed E-state index contributed by atoms with van der Waals surface area (Å²) in [5.41, 5.74) is 1.23. The summed E-state index contributed by atoms with van der Waals surface area (Å²) >= 11 is 12.1. The van der Waals surface area contributed by atoms with Crippen LogP contribution < -0.4 is 15.4 Å². The summed E-state index contributed by atoms with van der Waals surface area (Å²) < 4.78 is 5.28. The maximum absolute atomic E-state index is 12.4. The van der Waals surface area contributed by atoms with Crippen molar-refractivity contribution < 1.29 is 14.3 Å². The van der Waals surface area contributed by atoms with Gasteiger partial charge in [-0.1, -0.05) is 47.5 Å². The van der Waals surface area contributed by atoms with Gasteiger partial charge in [0.2, 0.25) is 11.8 Å². The van der Waals surface area contributed by atoms with Gasteiger partial charge in [-0.25, -0.2) is 0 Å². The Balaban J connectivity index is 1.89. The van der Waals surface area contributed by atoms with E-state index in [-0.39, 0.29) is 18.4 Å². The van der Waals surface area contributed by atoms with Crippen LogP contribution in [-0.2, 0) is 16.1 Å². The summed E-state index contributed by atoms with van der Waals surface area (Å²) in [4.78, 5) is 26.4. The molecule has 8 heteroatoms. The van der Waals surface area contributed by atoms with Crippen molar-refractivity contribution in [3.8, 4) is 5.75 Å². The van der Waals surface area contributed by atoms with E-state index in [4.69, 9.17) is 27.9 Å². The van der Waals surface area contributed by atoms with E-state index >= 15 is 0 Å². The summed E-state index contributed by atoms with van der Waals surface area (Å²) in [5.74, 6) is 0.193. The number of anilines is 1. The molecular formula is C20H23Cl2N3O3. The van der Waals surface area contributed by atoms with Crippen molar-refractivity contribution in [1.29, 1.82) is 0 Å². The number of benzene rings is 2. The van der Waals surface area contributed by atoms with Crippen LogP contribution in [0.1, 0.15) is 12.5 Å². The van der Waals surface area contributed by atoms with Gasteiger partial charge >= 0.3 is 0 Å². The number of likely N-dealkylation sites (N-methyl/N-ethyl adjacent to an activating group) is 1. The number of halogens is 2. The summed E-state index contributed by atoms with van der Waals surface area (Å²) in [6.07, 6.45) is 0. The lowest BCUT2D eigenvalue weighted by Crippen LogP contribution is -2.45. The first kappa shape index (κ1) is 22.0. The minimum atomic E-state index is -0.512. The van der Waals surface area contributed by atoms with Crippen LogP contribution in [0.25, 0.3) is 0 Å².